The van der Waals surface area contributed by atoms with Gasteiger partial charge >= 0.3 is 0 Å². The Morgan fingerprint density at radius 1 is 0.839 bits per heavy atom. The lowest BCUT2D eigenvalue weighted by Gasteiger charge is -2.36. The zero-order valence-corrected chi connectivity index (χ0v) is 19.2. The molecule has 0 atom stereocenters. The van der Waals surface area contributed by atoms with Gasteiger partial charge in [-0.15, -0.1) is 0 Å². The van der Waals surface area contributed by atoms with Gasteiger partial charge in [-0.05, 0) is 62.1 Å². The summed E-state index contributed by atoms with van der Waals surface area (Å²) in [7, 11) is -3.57. The molecule has 0 bridgehead atoms. The fraction of sp³-hybridized carbons (Fsp3) is 0.458. The third kappa shape index (κ3) is 4.62. The number of hydrogen-bond acceptors (Lipinski definition) is 4. The average molecular weight is 442 g/mol. The molecule has 2 aliphatic heterocycles. The Balaban J connectivity index is 1.49. The molecule has 2 fully saturated rings. The van der Waals surface area contributed by atoms with E-state index in [4.69, 9.17) is 0 Å². The zero-order chi connectivity index (χ0) is 22.0. The molecule has 2 aromatic rings. The maximum Gasteiger partial charge on any atom is 0.254 e. The third-order valence-electron chi connectivity index (χ3n) is 6.30. The second-order valence-corrected chi connectivity index (χ2v) is 10.5. The molecule has 4 rings (SSSR count). The van der Waals surface area contributed by atoms with Crippen LogP contribution in [0.1, 0.15) is 40.7 Å². The summed E-state index contributed by atoms with van der Waals surface area (Å²) in [6.07, 6.45) is 2.85. The van der Waals surface area contributed by atoms with Crippen LogP contribution < -0.4 is 4.90 Å². The van der Waals surface area contributed by atoms with Crippen molar-refractivity contribution in [3.05, 3.63) is 59.2 Å². The highest BCUT2D eigenvalue weighted by Crippen LogP contribution is 2.25. The SMILES string of the molecule is Cc1cccc(N2CCN(C(=O)c3ccc(C)c(S(=O)(=O)N4CCCCC4)c3)CC2)c1. The van der Waals surface area contributed by atoms with Gasteiger partial charge in [-0.25, -0.2) is 8.42 Å². The molecule has 2 saturated heterocycles. The highest BCUT2D eigenvalue weighted by Gasteiger charge is 2.29. The third-order valence-corrected chi connectivity index (χ3v) is 8.34. The molecule has 31 heavy (non-hydrogen) atoms. The van der Waals surface area contributed by atoms with E-state index in [1.165, 1.54) is 11.3 Å². The Hall–Kier alpha value is -2.38. The summed E-state index contributed by atoms with van der Waals surface area (Å²) in [6.45, 7) is 7.76. The van der Waals surface area contributed by atoms with Crippen LogP contribution in [-0.4, -0.2) is 62.8 Å². The quantitative estimate of drug-likeness (QED) is 0.729. The Morgan fingerprint density at radius 3 is 2.23 bits per heavy atom. The molecule has 2 aromatic carbocycles. The van der Waals surface area contributed by atoms with Gasteiger partial charge in [0.1, 0.15) is 0 Å². The summed E-state index contributed by atoms with van der Waals surface area (Å²) in [6, 6.07) is 13.5. The first-order valence-electron chi connectivity index (χ1n) is 11.1. The number of benzene rings is 2. The van der Waals surface area contributed by atoms with E-state index in [1.54, 1.807) is 29.4 Å². The molecule has 2 aliphatic rings. The number of piperazine rings is 1. The van der Waals surface area contributed by atoms with Gasteiger partial charge in [-0.1, -0.05) is 24.6 Å². The van der Waals surface area contributed by atoms with Crippen LogP contribution in [0, 0.1) is 13.8 Å². The zero-order valence-electron chi connectivity index (χ0n) is 18.4. The highest BCUT2D eigenvalue weighted by molar-refractivity contribution is 7.89. The van der Waals surface area contributed by atoms with Crippen molar-refractivity contribution < 1.29 is 13.2 Å². The van der Waals surface area contributed by atoms with Gasteiger partial charge in [0.25, 0.3) is 5.91 Å². The van der Waals surface area contributed by atoms with Gasteiger partial charge in [0.2, 0.25) is 10.0 Å². The van der Waals surface area contributed by atoms with E-state index in [0.717, 1.165) is 32.4 Å². The number of hydrogen-bond donors (Lipinski definition) is 0. The van der Waals surface area contributed by atoms with Crippen molar-refractivity contribution in [2.75, 3.05) is 44.2 Å². The van der Waals surface area contributed by atoms with Gasteiger partial charge < -0.3 is 9.80 Å². The highest BCUT2D eigenvalue weighted by atomic mass is 32.2. The summed E-state index contributed by atoms with van der Waals surface area (Å²) in [5.41, 5.74) is 3.53. The lowest BCUT2D eigenvalue weighted by Crippen LogP contribution is -2.48. The Morgan fingerprint density at radius 2 is 1.55 bits per heavy atom. The van der Waals surface area contributed by atoms with Crippen LogP contribution in [0.25, 0.3) is 0 Å². The molecule has 1 amide bonds. The first-order chi connectivity index (χ1) is 14.9. The number of carbonyl (C=O) groups excluding carboxylic acids is 1. The Bertz CT molecular complexity index is 1050. The molecule has 166 valence electrons. The Labute approximate surface area is 185 Å². The van der Waals surface area contributed by atoms with E-state index in [1.807, 2.05) is 4.90 Å². The van der Waals surface area contributed by atoms with Crippen LogP contribution in [-0.2, 0) is 10.0 Å². The minimum Gasteiger partial charge on any atom is -0.368 e. The topological polar surface area (TPSA) is 60.9 Å². The van der Waals surface area contributed by atoms with Crippen LogP contribution in [0.2, 0.25) is 0 Å². The van der Waals surface area contributed by atoms with Crippen molar-refractivity contribution in [2.24, 2.45) is 0 Å². The maximum atomic E-state index is 13.2. The largest absolute Gasteiger partial charge is 0.368 e. The standard InChI is InChI=1S/C24H31N3O3S/c1-19-7-6-8-22(17-19)25-13-15-26(16-14-25)24(28)21-10-9-20(2)23(18-21)31(29,30)27-11-4-3-5-12-27/h6-10,17-18H,3-5,11-16H2,1-2H3. The summed E-state index contributed by atoms with van der Waals surface area (Å²) in [5.74, 6) is -0.0982. The molecule has 0 radical (unpaired) electrons. The maximum absolute atomic E-state index is 13.2. The predicted molar refractivity (Wildman–Crippen MR) is 123 cm³/mol. The Kier molecular flexibility index (Phi) is 6.34. The van der Waals surface area contributed by atoms with Gasteiger partial charge in [0.05, 0.1) is 4.90 Å². The van der Waals surface area contributed by atoms with Gasteiger partial charge in [-0.2, -0.15) is 4.31 Å². The number of carbonyl (C=O) groups is 1. The van der Waals surface area contributed by atoms with Crippen molar-refractivity contribution in [1.29, 1.82) is 0 Å². The predicted octanol–water partition coefficient (Wildman–Crippen LogP) is 3.44. The lowest BCUT2D eigenvalue weighted by molar-refractivity contribution is 0.0746. The van der Waals surface area contributed by atoms with Crippen LogP contribution in [0.5, 0.6) is 0 Å². The van der Waals surface area contributed by atoms with Crippen molar-refractivity contribution in [2.45, 2.75) is 38.0 Å². The fourth-order valence-electron chi connectivity index (χ4n) is 4.43. The second kappa shape index (κ2) is 9.01. The fourth-order valence-corrected chi connectivity index (χ4v) is 6.20. The molecule has 0 aliphatic carbocycles. The van der Waals surface area contributed by atoms with Crippen LogP contribution in [0.15, 0.2) is 47.4 Å². The van der Waals surface area contributed by atoms with Gasteiger partial charge in [0, 0.05) is 50.5 Å². The normalized spacial score (nSPS) is 18.3. The van der Waals surface area contributed by atoms with Gasteiger partial charge in [-0.3, -0.25) is 4.79 Å². The molecular weight excluding hydrogens is 410 g/mol. The molecule has 0 N–H and O–H groups in total. The number of anilines is 1. The summed E-state index contributed by atoms with van der Waals surface area (Å²) in [4.78, 5) is 17.5. The number of aryl methyl sites for hydroxylation is 2. The number of piperidine rings is 1. The van der Waals surface area contributed by atoms with E-state index in [-0.39, 0.29) is 10.8 Å². The molecule has 0 unspecified atom stereocenters. The van der Waals surface area contributed by atoms with E-state index in [0.29, 0.717) is 37.3 Å². The van der Waals surface area contributed by atoms with Crippen molar-refractivity contribution in [1.82, 2.24) is 9.21 Å². The van der Waals surface area contributed by atoms with Crippen molar-refractivity contribution >= 4 is 21.6 Å². The molecule has 6 nitrogen and oxygen atoms in total. The minimum atomic E-state index is -3.57. The van der Waals surface area contributed by atoms with Crippen LogP contribution in [0.3, 0.4) is 0 Å². The number of rotatable bonds is 4. The molecule has 0 spiro atoms. The first-order valence-corrected chi connectivity index (χ1v) is 12.5. The number of amides is 1. The summed E-state index contributed by atoms with van der Waals surface area (Å²) < 4.78 is 27.9. The average Bonchev–Trinajstić information content (AvgIpc) is 2.79. The van der Waals surface area contributed by atoms with E-state index in [2.05, 4.69) is 36.1 Å². The molecular formula is C24H31N3O3S. The number of nitrogens with zero attached hydrogens (tertiary/aromatic N) is 3. The second-order valence-electron chi connectivity index (χ2n) is 8.56. The van der Waals surface area contributed by atoms with Crippen LogP contribution in [0.4, 0.5) is 5.69 Å². The summed E-state index contributed by atoms with van der Waals surface area (Å²) in [5, 5.41) is 0. The van der Waals surface area contributed by atoms with E-state index >= 15 is 0 Å². The van der Waals surface area contributed by atoms with Crippen molar-refractivity contribution in [3.63, 3.8) is 0 Å². The molecule has 0 aromatic heterocycles. The monoisotopic (exact) mass is 441 g/mol. The summed E-state index contributed by atoms with van der Waals surface area (Å²) >= 11 is 0. The van der Waals surface area contributed by atoms with E-state index < -0.39 is 10.0 Å². The van der Waals surface area contributed by atoms with Crippen molar-refractivity contribution in [3.8, 4) is 0 Å². The smallest absolute Gasteiger partial charge is 0.254 e. The molecule has 7 heteroatoms. The molecule has 0 saturated carbocycles. The van der Waals surface area contributed by atoms with E-state index in [9.17, 15) is 13.2 Å². The minimum absolute atomic E-state index is 0.0982. The van der Waals surface area contributed by atoms with Crippen LogP contribution >= 0.6 is 0 Å². The number of sulfonamides is 1. The lowest BCUT2D eigenvalue weighted by atomic mass is 10.1. The first kappa shape index (κ1) is 21.8. The van der Waals surface area contributed by atoms with Gasteiger partial charge in [0.15, 0.2) is 0 Å². The molecule has 2 heterocycles.